The van der Waals surface area contributed by atoms with Crippen molar-refractivity contribution < 1.29 is 28.6 Å². The molecule has 2 aromatic rings. The maximum absolute atomic E-state index is 12.9. The molecule has 0 bridgehead atoms. The number of hydrogen-bond acceptors (Lipinski definition) is 6. The molecule has 2 amide bonds. The normalized spacial score (nSPS) is 20.2. The second-order valence-corrected chi connectivity index (χ2v) is 9.70. The summed E-state index contributed by atoms with van der Waals surface area (Å²) < 4.78 is 16.2. The van der Waals surface area contributed by atoms with Crippen molar-refractivity contribution in [3.8, 4) is 11.1 Å². The van der Waals surface area contributed by atoms with Gasteiger partial charge in [0, 0.05) is 18.4 Å². The van der Waals surface area contributed by atoms with E-state index in [4.69, 9.17) is 14.2 Å². The van der Waals surface area contributed by atoms with E-state index in [1.165, 1.54) is 7.11 Å². The highest BCUT2D eigenvalue weighted by Crippen LogP contribution is 2.44. The van der Waals surface area contributed by atoms with Crippen molar-refractivity contribution in [2.45, 2.75) is 63.6 Å². The summed E-state index contributed by atoms with van der Waals surface area (Å²) in [4.78, 5) is 38.1. The molecule has 8 nitrogen and oxygen atoms in total. The predicted molar refractivity (Wildman–Crippen MR) is 139 cm³/mol. The summed E-state index contributed by atoms with van der Waals surface area (Å²) in [5.41, 5.74) is 4.51. The summed E-state index contributed by atoms with van der Waals surface area (Å²) >= 11 is 0. The lowest BCUT2D eigenvalue weighted by molar-refractivity contribution is -0.146. The summed E-state index contributed by atoms with van der Waals surface area (Å²) in [5.74, 6) is -1.11. The molecule has 0 radical (unpaired) electrons. The summed E-state index contributed by atoms with van der Waals surface area (Å²) in [6.45, 7) is 4.43. The Bertz CT molecular complexity index is 1070. The van der Waals surface area contributed by atoms with Gasteiger partial charge in [-0.05, 0) is 61.8 Å². The number of nitrogens with one attached hydrogen (secondary N) is 2. The Morgan fingerprint density at radius 2 is 1.51 bits per heavy atom. The lowest BCUT2D eigenvalue weighted by Crippen LogP contribution is -2.56. The smallest absolute Gasteiger partial charge is 0.407 e. The minimum atomic E-state index is -1.03. The third kappa shape index (κ3) is 6.13. The van der Waals surface area contributed by atoms with Crippen molar-refractivity contribution in [2.24, 2.45) is 5.92 Å². The zero-order valence-electron chi connectivity index (χ0n) is 21.7. The number of fused-ring (bicyclic) bond motifs is 3. The van der Waals surface area contributed by atoms with Crippen molar-refractivity contribution in [3.63, 3.8) is 0 Å². The molecule has 2 aromatic carbocycles. The van der Waals surface area contributed by atoms with Crippen molar-refractivity contribution in [3.05, 3.63) is 59.7 Å². The van der Waals surface area contributed by atoms with E-state index in [1.807, 2.05) is 31.2 Å². The molecule has 2 aliphatic carbocycles. The van der Waals surface area contributed by atoms with Crippen molar-refractivity contribution in [1.82, 2.24) is 10.6 Å². The van der Waals surface area contributed by atoms with Gasteiger partial charge in [0.1, 0.15) is 12.6 Å². The summed E-state index contributed by atoms with van der Waals surface area (Å²) in [7, 11) is 1.26. The van der Waals surface area contributed by atoms with Gasteiger partial charge in [0.25, 0.3) is 0 Å². The van der Waals surface area contributed by atoms with Crippen LogP contribution in [0.5, 0.6) is 0 Å². The van der Waals surface area contributed by atoms with E-state index >= 15 is 0 Å². The molecule has 0 aromatic heterocycles. The van der Waals surface area contributed by atoms with Crippen molar-refractivity contribution in [1.29, 1.82) is 0 Å². The number of rotatable bonds is 9. The molecule has 1 fully saturated rings. The van der Waals surface area contributed by atoms with Gasteiger partial charge < -0.3 is 24.8 Å². The van der Waals surface area contributed by atoms with Crippen LogP contribution in [0.25, 0.3) is 11.1 Å². The molecule has 0 spiro atoms. The first-order chi connectivity index (χ1) is 17.9. The highest BCUT2D eigenvalue weighted by molar-refractivity contribution is 5.87. The van der Waals surface area contributed by atoms with Crippen LogP contribution in [0.1, 0.15) is 56.6 Å². The van der Waals surface area contributed by atoms with E-state index in [1.54, 1.807) is 6.92 Å². The second-order valence-electron chi connectivity index (χ2n) is 9.70. The van der Waals surface area contributed by atoms with E-state index in [0.717, 1.165) is 35.1 Å². The fourth-order valence-electron chi connectivity index (χ4n) is 5.42. The Balaban J connectivity index is 1.34. The van der Waals surface area contributed by atoms with Crippen LogP contribution in [0.2, 0.25) is 0 Å². The van der Waals surface area contributed by atoms with Crippen LogP contribution in [0.3, 0.4) is 0 Å². The highest BCUT2D eigenvalue weighted by Gasteiger charge is 2.34. The molecule has 8 heteroatoms. The van der Waals surface area contributed by atoms with Crippen LogP contribution in [0.15, 0.2) is 48.5 Å². The highest BCUT2D eigenvalue weighted by atomic mass is 16.5. The van der Waals surface area contributed by atoms with Crippen LogP contribution < -0.4 is 10.6 Å². The fourth-order valence-corrected chi connectivity index (χ4v) is 5.42. The first kappa shape index (κ1) is 26.7. The Morgan fingerprint density at radius 3 is 2.08 bits per heavy atom. The SMILES string of the molecule is CCO[C@H]1CC[C@H](C(=O)N[C@H](C(=O)OC)[C@@H](C)NC(=O)OCC2c3ccccc3-c3ccccc32)CC1. The van der Waals surface area contributed by atoms with Gasteiger partial charge >= 0.3 is 12.1 Å². The van der Waals surface area contributed by atoms with Crippen molar-refractivity contribution >= 4 is 18.0 Å². The van der Waals surface area contributed by atoms with E-state index < -0.39 is 24.1 Å². The van der Waals surface area contributed by atoms with Crippen molar-refractivity contribution in [2.75, 3.05) is 20.3 Å². The number of ether oxygens (including phenoxy) is 3. The van der Waals surface area contributed by atoms with E-state index in [2.05, 4.69) is 34.9 Å². The molecule has 4 rings (SSSR count). The minimum Gasteiger partial charge on any atom is -0.467 e. The van der Waals surface area contributed by atoms with Crippen LogP contribution in [0, 0.1) is 5.92 Å². The molecular formula is C29H36N2O6. The quantitative estimate of drug-likeness (QED) is 0.493. The first-order valence-electron chi connectivity index (χ1n) is 13.0. The van der Waals surface area contributed by atoms with E-state index in [-0.39, 0.29) is 30.5 Å². The summed E-state index contributed by atoms with van der Waals surface area (Å²) in [6.07, 6.45) is 2.52. The molecule has 1 saturated carbocycles. The second kappa shape index (κ2) is 12.2. The number of carbonyl (C=O) groups is 3. The number of benzene rings is 2. The molecule has 37 heavy (non-hydrogen) atoms. The standard InChI is InChI=1S/C29H36N2O6/c1-4-36-20-15-13-19(14-16-20)27(32)31-26(28(33)35-3)18(2)30-29(34)37-17-25-23-11-7-5-9-21(23)22-10-6-8-12-24(22)25/h5-12,18-20,25-26H,4,13-17H2,1-3H3,(H,30,34)(H,31,32)/t18-,19-,20-,26+/m1/s1. The Labute approximate surface area is 218 Å². The van der Waals surface area contributed by atoms with Crippen LogP contribution in [-0.2, 0) is 23.8 Å². The number of carbonyl (C=O) groups excluding carboxylic acids is 3. The van der Waals surface area contributed by atoms with Crippen LogP contribution in [-0.4, -0.2) is 56.5 Å². The van der Waals surface area contributed by atoms with E-state index in [0.29, 0.717) is 19.4 Å². The maximum atomic E-state index is 12.9. The number of esters is 1. The average Bonchev–Trinajstić information content (AvgIpc) is 3.24. The van der Waals surface area contributed by atoms with Gasteiger partial charge in [-0.2, -0.15) is 0 Å². The van der Waals surface area contributed by atoms with Crippen LogP contribution in [0.4, 0.5) is 4.79 Å². The Kier molecular flexibility index (Phi) is 8.82. The zero-order chi connectivity index (χ0) is 26.4. The largest absolute Gasteiger partial charge is 0.467 e. The molecule has 2 atom stereocenters. The van der Waals surface area contributed by atoms with Gasteiger partial charge in [0.05, 0.1) is 19.3 Å². The number of methoxy groups -OCH3 is 1. The molecule has 0 unspecified atom stereocenters. The molecule has 198 valence electrons. The molecule has 2 aliphatic rings. The fraction of sp³-hybridized carbons (Fsp3) is 0.483. The lowest BCUT2D eigenvalue weighted by Gasteiger charge is -2.30. The van der Waals surface area contributed by atoms with Gasteiger partial charge in [-0.25, -0.2) is 9.59 Å². The molecular weight excluding hydrogens is 472 g/mol. The van der Waals surface area contributed by atoms with Gasteiger partial charge in [0.2, 0.25) is 5.91 Å². The third-order valence-electron chi connectivity index (χ3n) is 7.39. The predicted octanol–water partition coefficient (Wildman–Crippen LogP) is 4.17. The molecule has 0 saturated heterocycles. The van der Waals surface area contributed by atoms with Gasteiger partial charge in [-0.3, -0.25) is 4.79 Å². The van der Waals surface area contributed by atoms with Crippen LogP contribution >= 0.6 is 0 Å². The first-order valence-corrected chi connectivity index (χ1v) is 13.0. The molecule has 2 N–H and O–H groups in total. The average molecular weight is 509 g/mol. The topological polar surface area (TPSA) is 103 Å². The van der Waals surface area contributed by atoms with Gasteiger partial charge in [0.15, 0.2) is 0 Å². The van der Waals surface area contributed by atoms with Gasteiger partial charge in [-0.15, -0.1) is 0 Å². The lowest BCUT2D eigenvalue weighted by atomic mass is 9.86. The Hall–Kier alpha value is -3.39. The summed E-state index contributed by atoms with van der Waals surface area (Å²) in [5, 5.41) is 5.49. The number of hydrogen-bond donors (Lipinski definition) is 2. The molecule has 0 heterocycles. The number of alkyl carbamates (subject to hydrolysis) is 1. The Morgan fingerprint density at radius 1 is 0.919 bits per heavy atom. The zero-order valence-corrected chi connectivity index (χ0v) is 21.7. The van der Waals surface area contributed by atoms with E-state index in [9.17, 15) is 14.4 Å². The maximum Gasteiger partial charge on any atom is 0.407 e. The number of amides is 2. The third-order valence-corrected chi connectivity index (χ3v) is 7.39. The summed E-state index contributed by atoms with van der Waals surface area (Å²) in [6, 6.07) is 14.4. The minimum absolute atomic E-state index is 0.0728. The van der Waals surface area contributed by atoms with Gasteiger partial charge in [-0.1, -0.05) is 48.5 Å². The monoisotopic (exact) mass is 508 g/mol. The molecule has 0 aliphatic heterocycles.